The summed E-state index contributed by atoms with van der Waals surface area (Å²) in [6.45, 7) is 3.88. The largest absolute Gasteiger partial charge is 0.352 e. The molecule has 0 bridgehead atoms. The Balaban J connectivity index is 1.15. The first-order chi connectivity index (χ1) is 15.2. The fraction of sp³-hybridized carbons (Fsp3) is 0.542. The summed E-state index contributed by atoms with van der Waals surface area (Å²) in [5.41, 5.74) is 2.29. The van der Waals surface area contributed by atoms with Crippen molar-refractivity contribution in [1.82, 2.24) is 15.2 Å². The van der Waals surface area contributed by atoms with Crippen molar-refractivity contribution in [3.05, 3.63) is 46.5 Å². The van der Waals surface area contributed by atoms with E-state index in [0.29, 0.717) is 12.5 Å². The number of piperazine rings is 1. The maximum atomic E-state index is 12.7. The molecule has 3 aliphatic rings. The number of nitrogens with zero attached hydrogens (tertiary/aromatic N) is 3. The van der Waals surface area contributed by atoms with Crippen LogP contribution >= 0.6 is 11.3 Å². The Hall–Kier alpha value is -2.41. The maximum Gasteiger partial charge on any atom is 0.225 e. The Morgan fingerprint density at radius 3 is 2.52 bits per heavy atom. The van der Waals surface area contributed by atoms with Crippen LogP contribution in [0.5, 0.6) is 0 Å². The van der Waals surface area contributed by atoms with Crippen LogP contribution in [-0.2, 0) is 29.0 Å². The number of nitrogens with one attached hydrogen (secondary N) is 1. The molecule has 1 saturated heterocycles. The van der Waals surface area contributed by atoms with Gasteiger partial charge in [-0.2, -0.15) is 0 Å². The zero-order valence-corrected chi connectivity index (χ0v) is 18.7. The Morgan fingerprint density at radius 1 is 1.03 bits per heavy atom. The van der Waals surface area contributed by atoms with Gasteiger partial charge in [0.15, 0.2) is 5.13 Å². The van der Waals surface area contributed by atoms with E-state index in [1.165, 1.54) is 17.0 Å². The van der Waals surface area contributed by atoms with Crippen LogP contribution in [0.25, 0.3) is 0 Å². The highest BCUT2D eigenvalue weighted by Gasteiger charge is 2.33. The van der Waals surface area contributed by atoms with E-state index in [1.807, 2.05) is 35.2 Å². The smallest absolute Gasteiger partial charge is 0.225 e. The molecule has 1 aromatic heterocycles. The lowest BCUT2D eigenvalue weighted by molar-refractivity contribution is -0.138. The minimum Gasteiger partial charge on any atom is -0.352 e. The monoisotopic (exact) mass is 438 g/mol. The van der Waals surface area contributed by atoms with Gasteiger partial charge in [0.2, 0.25) is 11.8 Å². The van der Waals surface area contributed by atoms with Gasteiger partial charge in [0, 0.05) is 49.4 Å². The molecule has 0 spiro atoms. The molecule has 1 saturated carbocycles. The van der Waals surface area contributed by atoms with Gasteiger partial charge in [0.25, 0.3) is 0 Å². The predicted octanol–water partition coefficient (Wildman–Crippen LogP) is 3.01. The van der Waals surface area contributed by atoms with Crippen LogP contribution < -0.4 is 10.2 Å². The molecule has 1 aromatic carbocycles. The van der Waals surface area contributed by atoms with Crippen LogP contribution in [0.3, 0.4) is 0 Å². The molecule has 2 aliphatic carbocycles. The number of benzene rings is 1. The van der Waals surface area contributed by atoms with Crippen LogP contribution in [0.15, 0.2) is 30.3 Å². The van der Waals surface area contributed by atoms with E-state index in [4.69, 9.17) is 4.98 Å². The molecule has 1 aliphatic heterocycles. The topological polar surface area (TPSA) is 65.5 Å². The molecule has 0 unspecified atom stereocenters. The number of hydrogen-bond acceptors (Lipinski definition) is 5. The minimum absolute atomic E-state index is 0.0291. The number of aromatic nitrogens is 1. The molecule has 0 radical (unpaired) electrons. The highest BCUT2D eigenvalue weighted by atomic mass is 32.1. The average Bonchev–Trinajstić information content (AvgIpc) is 3.20. The second-order valence-corrected chi connectivity index (χ2v) is 10.0. The van der Waals surface area contributed by atoms with Crippen molar-refractivity contribution in [3.63, 3.8) is 0 Å². The van der Waals surface area contributed by atoms with Crippen LogP contribution in [-0.4, -0.2) is 47.9 Å². The molecule has 1 N–H and O–H groups in total. The molecule has 2 heterocycles. The first-order valence-corrected chi connectivity index (χ1v) is 12.3. The van der Waals surface area contributed by atoms with E-state index in [1.54, 1.807) is 11.3 Å². The van der Waals surface area contributed by atoms with Crippen molar-refractivity contribution in [2.45, 2.75) is 45.1 Å². The van der Waals surface area contributed by atoms with Crippen molar-refractivity contribution >= 4 is 28.3 Å². The summed E-state index contributed by atoms with van der Waals surface area (Å²) in [7, 11) is 0. The number of amides is 2. The number of aryl methyl sites for hydroxylation is 1. The number of fused-ring (bicyclic) bond motifs is 1. The van der Waals surface area contributed by atoms with Gasteiger partial charge in [0.05, 0.1) is 5.69 Å². The molecule has 6 nitrogen and oxygen atoms in total. The third kappa shape index (κ3) is 4.47. The second-order valence-electron chi connectivity index (χ2n) is 8.95. The molecule has 2 aromatic rings. The molecule has 2 amide bonds. The zero-order valence-electron chi connectivity index (χ0n) is 17.9. The summed E-state index contributed by atoms with van der Waals surface area (Å²) in [5.74, 6) is 0.811. The summed E-state index contributed by atoms with van der Waals surface area (Å²) in [5, 5.41) is 4.16. The third-order valence-electron chi connectivity index (χ3n) is 6.92. The summed E-state index contributed by atoms with van der Waals surface area (Å²) in [6.07, 6.45) is 5.85. The number of thiazole rings is 1. The first-order valence-electron chi connectivity index (χ1n) is 11.5. The molecule has 7 heteroatoms. The van der Waals surface area contributed by atoms with E-state index in [-0.39, 0.29) is 17.7 Å². The van der Waals surface area contributed by atoms with Gasteiger partial charge in [-0.3, -0.25) is 9.59 Å². The van der Waals surface area contributed by atoms with Gasteiger partial charge in [-0.25, -0.2) is 4.98 Å². The Morgan fingerprint density at radius 2 is 1.81 bits per heavy atom. The standard InChI is InChI=1S/C24H30N4O2S/c29-22(25-16-17-5-2-1-3-6-17)19-9-10-20-21(15-19)31-24(26-20)28-13-11-27(12-14-28)23(30)18-7-4-8-18/h1-3,5-6,18-19H,4,7-16H2,(H,25,29)/t19-/m0/s1. The van der Waals surface area contributed by atoms with Gasteiger partial charge in [0.1, 0.15) is 0 Å². The third-order valence-corrected chi connectivity index (χ3v) is 8.11. The molecule has 1 atom stereocenters. The quantitative estimate of drug-likeness (QED) is 0.779. The lowest BCUT2D eigenvalue weighted by Crippen LogP contribution is -2.51. The molecule has 5 rings (SSSR count). The number of carbonyl (C=O) groups excluding carboxylic acids is 2. The van der Waals surface area contributed by atoms with E-state index < -0.39 is 0 Å². The average molecular weight is 439 g/mol. The number of hydrogen-bond donors (Lipinski definition) is 1. The van der Waals surface area contributed by atoms with Crippen molar-refractivity contribution in [1.29, 1.82) is 0 Å². The van der Waals surface area contributed by atoms with Crippen molar-refractivity contribution in [2.24, 2.45) is 11.8 Å². The Labute approximate surface area is 187 Å². The van der Waals surface area contributed by atoms with E-state index in [2.05, 4.69) is 10.2 Å². The lowest BCUT2D eigenvalue weighted by Gasteiger charge is -2.38. The Bertz CT molecular complexity index is 932. The highest BCUT2D eigenvalue weighted by Crippen LogP contribution is 2.35. The summed E-state index contributed by atoms with van der Waals surface area (Å²) >= 11 is 1.74. The summed E-state index contributed by atoms with van der Waals surface area (Å²) < 4.78 is 0. The van der Waals surface area contributed by atoms with Crippen molar-refractivity contribution < 1.29 is 9.59 Å². The molecule has 164 valence electrons. The van der Waals surface area contributed by atoms with Crippen LogP contribution in [0, 0.1) is 11.8 Å². The molecular formula is C24H30N4O2S. The van der Waals surface area contributed by atoms with Crippen LogP contribution in [0.2, 0.25) is 0 Å². The molecule has 31 heavy (non-hydrogen) atoms. The van der Waals surface area contributed by atoms with Gasteiger partial charge in [-0.05, 0) is 37.7 Å². The SMILES string of the molecule is O=C(NCc1ccccc1)[C@H]1CCc2nc(N3CCN(C(=O)C4CCC4)CC3)sc2C1. The number of rotatable bonds is 5. The summed E-state index contributed by atoms with van der Waals surface area (Å²) in [6, 6.07) is 10.1. The van der Waals surface area contributed by atoms with Gasteiger partial charge in [-0.1, -0.05) is 36.8 Å². The van der Waals surface area contributed by atoms with E-state index in [9.17, 15) is 9.59 Å². The van der Waals surface area contributed by atoms with Crippen LogP contribution in [0.1, 0.15) is 41.8 Å². The highest BCUT2D eigenvalue weighted by molar-refractivity contribution is 7.15. The molecule has 2 fully saturated rings. The fourth-order valence-electron chi connectivity index (χ4n) is 4.68. The first kappa shape index (κ1) is 20.5. The summed E-state index contributed by atoms with van der Waals surface area (Å²) in [4.78, 5) is 35.7. The fourth-order valence-corrected chi connectivity index (χ4v) is 5.92. The predicted molar refractivity (Wildman–Crippen MR) is 122 cm³/mol. The number of carbonyl (C=O) groups is 2. The normalized spacial score (nSPS) is 21.4. The van der Waals surface area contributed by atoms with Gasteiger partial charge < -0.3 is 15.1 Å². The zero-order chi connectivity index (χ0) is 21.2. The number of anilines is 1. The maximum absolute atomic E-state index is 12.7. The second kappa shape index (κ2) is 8.99. The van der Waals surface area contributed by atoms with Gasteiger partial charge in [-0.15, -0.1) is 11.3 Å². The van der Waals surface area contributed by atoms with E-state index >= 15 is 0 Å². The van der Waals surface area contributed by atoms with E-state index in [0.717, 1.165) is 69.0 Å². The minimum atomic E-state index is 0.0291. The van der Waals surface area contributed by atoms with Crippen LogP contribution in [0.4, 0.5) is 5.13 Å². The van der Waals surface area contributed by atoms with Crippen molar-refractivity contribution in [3.8, 4) is 0 Å². The van der Waals surface area contributed by atoms with Gasteiger partial charge >= 0.3 is 0 Å². The lowest BCUT2D eigenvalue weighted by atomic mass is 9.84. The Kier molecular flexibility index (Phi) is 5.94. The van der Waals surface area contributed by atoms with Crippen molar-refractivity contribution in [2.75, 3.05) is 31.1 Å². The molecular weight excluding hydrogens is 408 g/mol.